The van der Waals surface area contributed by atoms with Gasteiger partial charge >= 0.3 is 0 Å². The van der Waals surface area contributed by atoms with Crippen LogP contribution in [-0.4, -0.2) is 13.2 Å². The van der Waals surface area contributed by atoms with Crippen molar-refractivity contribution in [3.05, 3.63) is 28.8 Å². The molecule has 2 aliphatic carbocycles. The number of hydrogen-bond donors (Lipinski definition) is 1. The molecule has 0 radical (unpaired) electrons. The van der Waals surface area contributed by atoms with Crippen LogP contribution in [0.25, 0.3) is 0 Å². The molecule has 3 rings (SSSR count). The maximum atomic E-state index is 6.24. The molecule has 0 saturated heterocycles. The first-order chi connectivity index (χ1) is 10.2. The fourth-order valence-electron chi connectivity index (χ4n) is 4.41. The molecule has 0 aromatic heterocycles. The number of ether oxygens (including phenoxy) is 1. The summed E-state index contributed by atoms with van der Waals surface area (Å²) in [5.74, 6) is 3.89. The second-order valence-electron chi connectivity index (χ2n) is 7.09. The zero-order valence-electron chi connectivity index (χ0n) is 13.7. The number of nitrogens with one attached hydrogen (secondary N) is 1. The van der Waals surface area contributed by atoms with E-state index in [1.54, 1.807) is 0 Å². The molecular formula is C19H29NO. The number of benzene rings is 1. The SMILES string of the molecule is CCNCc1cc(C)c(OCC2CC3CCC2C3)c(C)c1. The van der Waals surface area contributed by atoms with Gasteiger partial charge in [0, 0.05) is 6.54 Å². The Hall–Kier alpha value is -1.02. The van der Waals surface area contributed by atoms with Crippen molar-refractivity contribution in [3.63, 3.8) is 0 Å². The lowest BCUT2D eigenvalue weighted by Gasteiger charge is -2.23. The molecule has 2 heteroatoms. The minimum Gasteiger partial charge on any atom is -0.493 e. The summed E-state index contributed by atoms with van der Waals surface area (Å²) in [7, 11) is 0. The maximum Gasteiger partial charge on any atom is 0.125 e. The van der Waals surface area contributed by atoms with Crippen LogP contribution >= 0.6 is 0 Å². The second kappa shape index (κ2) is 6.39. The molecule has 3 unspecified atom stereocenters. The average molecular weight is 287 g/mol. The van der Waals surface area contributed by atoms with Crippen LogP contribution in [0.2, 0.25) is 0 Å². The lowest BCUT2D eigenvalue weighted by Crippen LogP contribution is -2.19. The molecule has 0 spiro atoms. The Labute approximate surface area is 129 Å². The van der Waals surface area contributed by atoms with E-state index in [-0.39, 0.29) is 0 Å². The second-order valence-corrected chi connectivity index (χ2v) is 7.09. The molecule has 116 valence electrons. The van der Waals surface area contributed by atoms with E-state index in [1.807, 2.05) is 0 Å². The fraction of sp³-hybridized carbons (Fsp3) is 0.684. The summed E-state index contributed by atoms with van der Waals surface area (Å²) in [6, 6.07) is 4.54. The molecular weight excluding hydrogens is 258 g/mol. The van der Waals surface area contributed by atoms with Gasteiger partial charge < -0.3 is 10.1 Å². The van der Waals surface area contributed by atoms with Crippen LogP contribution in [-0.2, 0) is 6.54 Å². The summed E-state index contributed by atoms with van der Waals surface area (Å²) in [6.45, 7) is 9.39. The third-order valence-electron chi connectivity index (χ3n) is 5.43. The van der Waals surface area contributed by atoms with E-state index in [1.165, 1.54) is 42.4 Å². The van der Waals surface area contributed by atoms with Gasteiger partial charge in [0.15, 0.2) is 0 Å². The van der Waals surface area contributed by atoms with Crippen molar-refractivity contribution in [1.29, 1.82) is 0 Å². The molecule has 2 saturated carbocycles. The number of rotatable bonds is 6. The van der Waals surface area contributed by atoms with Gasteiger partial charge in [0.05, 0.1) is 6.61 Å². The molecule has 1 aromatic rings. The van der Waals surface area contributed by atoms with Crippen molar-refractivity contribution < 1.29 is 4.74 Å². The summed E-state index contributed by atoms with van der Waals surface area (Å²) in [6.07, 6.45) is 5.78. The van der Waals surface area contributed by atoms with Crippen molar-refractivity contribution in [2.45, 2.75) is 53.0 Å². The number of aryl methyl sites for hydroxylation is 2. The summed E-state index contributed by atoms with van der Waals surface area (Å²) in [5.41, 5.74) is 3.93. The van der Waals surface area contributed by atoms with Crippen molar-refractivity contribution >= 4 is 0 Å². The highest BCUT2D eigenvalue weighted by atomic mass is 16.5. The molecule has 0 aliphatic heterocycles. The molecule has 1 N–H and O–H groups in total. The summed E-state index contributed by atoms with van der Waals surface area (Å²) in [5, 5.41) is 3.39. The minimum absolute atomic E-state index is 0.809. The van der Waals surface area contributed by atoms with E-state index in [0.29, 0.717) is 0 Å². The molecule has 0 amide bonds. The van der Waals surface area contributed by atoms with Crippen LogP contribution < -0.4 is 10.1 Å². The van der Waals surface area contributed by atoms with Crippen molar-refractivity contribution in [1.82, 2.24) is 5.32 Å². The lowest BCUT2D eigenvalue weighted by molar-refractivity contribution is 0.193. The first-order valence-electron chi connectivity index (χ1n) is 8.61. The summed E-state index contributed by atoms with van der Waals surface area (Å²) < 4.78 is 6.24. The van der Waals surface area contributed by atoms with E-state index in [9.17, 15) is 0 Å². The Bertz CT molecular complexity index is 473. The first-order valence-corrected chi connectivity index (χ1v) is 8.61. The van der Waals surface area contributed by atoms with E-state index in [4.69, 9.17) is 4.74 Å². The molecule has 2 aliphatic rings. The predicted octanol–water partition coefficient (Wildman–Crippen LogP) is 4.23. The maximum absolute atomic E-state index is 6.24. The minimum atomic E-state index is 0.809. The summed E-state index contributed by atoms with van der Waals surface area (Å²) in [4.78, 5) is 0. The van der Waals surface area contributed by atoms with Gasteiger partial charge in [0.25, 0.3) is 0 Å². The molecule has 2 bridgehead atoms. The van der Waals surface area contributed by atoms with Gasteiger partial charge in [-0.3, -0.25) is 0 Å². The molecule has 0 heterocycles. The Balaban J connectivity index is 1.62. The lowest BCUT2D eigenvalue weighted by atomic mass is 9.89. The monoisotopic (exact) mass is 287 g/mol. The molecule has 2 nitrogen and oxygen atoms in total. The molecule has 3 atom stereocenters. The van der Waals surface area contributed by atoms with Crippen LogP contribution in [0.15, 0.2) is 12.1 Å². The van der Waals surface area contributed by atoms with Crippen LogP contribution in [0, 0.1) is 31.6 Å². The van der Waals surface area contributed by atoms with Gasteiger partial charge in [0.2, 0.25) is 0 Å². The summed E-state index contributed by atoms with van der Waals surface area (Å²) >= 11 is 0. The standard InChI is InChI=1S/C19H29NO/c1-4-20-11-16-7-13(2)19(14(3)8-16)21-12-18-10-15-5-6-17(18)9-15/h7-8,15,17-18,20H,4-6,9-12H2,1-3H3. The van der Waals surface area contributed by atoms with E-state index >= 15 is 0 Å². The van der Waals surface area contributed by atoms with Crippen molar-refractivity contribution in [3.8, 4) is 5.75 Å². The third-order valence-corrected chi connectivity index (χ3v) is 5.43. The van der Waals surface area contributed by atoms with Crippen molar-refractivity contribution in [2.24, 2.45) is 17.8 Å². The van der Waals surface area contributed by atoms with E-state index in [2.05, 4.69) is 38.2 Å². The largest absolute Gasteiger partial charge is 0.493 e. The van der Waals surface area contributed by atoms with Gasteiger partial charge in [-0.15, -0.1) is 0 Å². The van der Waals surface area contributed by atoms with Crippen LogP contribution in [0.1, 0.15) is 49.3 Å². The Morgan fingerprint density at radius 3 is 2.48 bits per heavy atom. The first kappa shape index (κ1) is 14.9. The van der Waals surface area contributed by atoms with Gasteiger partial charge in [0.1, 0.15) is 5.75 Å². The van der Waals surface area contributed by atoms with Crippen molar-refractivity contribution in [2.75, 3.05) is 13.2 Å². The highest BCUT2D eigenvalue weighted by Crippen LogP contribution is 2.48. The van der Waals surface area contributed by atoms with Crippen LogP contribution in [0.3, 0.4) is 0 Å². The zero-order chi connectivity index (χ0) is 14.8. The van der Waals surface area contributed by atoms with Gasteiger partial charge in [-0.1, -0.05) is 25.5 Å². The van der Waals surface area contributed by atoms with E-state index < -0.39 is 0 Å². The predicted molar refractivity (Wildman–Crippen MR) is 87.7 cm³/mol. The van der Waals surface area contributed by atoms with Gasteiger partial charge in [-0.25, -0.2) is 0 Å². The smallest absolute Gasteiger partial charge is 0.125 e. The fourth-order valence-corrected chi connectivity index (χ4v) is 4.41. The number of fused-ring (bicyclic) bond motifs is 2. The Morgan fingerprint density at radius 1 is 1.14 bits per heavy atom. The highest BCUT2D eigenvalue weighted by molar-refractivity contribution is 5.43. The Kier molecular flexibility index (Phi) is 4.54. The topological polar surface area (TPSA) is 21.3 Å². The Morgan fingerprint density at radius 2 is 1.90 bits per heavy atom. The van der Waals surface area contributed by atoms with Gasteiger partial charge in [-0.05, 0) is 74.1 Å². The third kappa shape index (κ3) is 3.26. The normalized spacial score (nSPS) is 27.3. The average Bonchev–Trinajstić information content (AvgIpc) is 3.06. The van der Waals surface area contributed by atoms with E-state index in [0.717, 1.165) is 43.2 Å². The quantitative estimate of drug-likeness (QED) is 0.845. The van der Waals surface area contributed by atoms with Crippen LogP contribution in [0.5, 0.6) is 5.75 Å². The molecule has 2 fully saturated rings. The highest BCUT2D eigenvalue weighted by Gasteiger charge is 2.39. The molecule has 21 heavy (non-hydrogen) atoms. The van der Waals surface area contributed by atoms with Gasteiger partial charge in [-0.2, -0.15) is 0 Å². The van der Waals surface area contributed by atoms with Crippen LogP contribution in [0.4, 0.5) is 0 Å². The zero-order valence-corrected chi connectivity index (χ0v) is 13.7. The number of hydrogen-bond acceptors (Lipinski definition) is 2. The molecule has 1 aromatic carbocycles.